The van der Waals surface area contributed by atoms with Crippen LogP contribution in [0.15, 0.2) is 36.4 Å². The van der Waals surface area contributed by atoms with Crippen molar-refractivity contribution in [2.24, 2.45) is 5.73 Å². The van der Waals surface area contributed by atoms with Crippen molar-refractivity contribution in [1.82, 2.24) is 0 Å². The highest BCUT2D eigenvalue weighted by molar-refractivity contribution is 6.35. The van der Waals surface area contributed by atoms with Crippen molar-refractivity contribution >= 4 is 23.2 Å². The van der Waals surface area contributed by atoms with Gasteiger partial charge >= 0.3 is 0 Å². The summed E-state index contributed by atoms with van der Waals surface area (Å²) in [6, 6.07) is 9.61. The van der Waals surface area contributed by atoms with Crippen molar-refractivity contribution in [1.29, 1.82) is 0 Å². The molecule has 0 unspecified atom stereocenters. The van der Waals surface area contributed by atoms with Crippen LogP contribution in [-0.4, -0.2) is 6.54 Å². The molecule has 2 nitrogen and oxygen atoms in total. The summed E-state index contributed by atoms with van der Waals surface area (Å²) < 4.78 is 18.9. The van der Waals surface area contributed by atoms with Crippen LogP contribution in [0.5, 0.6) is 5.75 Å². The lowest BCUT2D eigenvalue weighted by Gasteiger charge is -2.12. The summed E-state index contributed by atoms with van der Waals surface area (Å²) in [5.41, 5.74) is 7.08. The number of hydrogen-bond donors (Lipinski definition) is 1. The molecular weight excluding hydrogens is 300 g/mol. The predicted octanol–water partition coefficient (Wildman–Crippen LogP) is 4.21. The quantitative estimate of drug-likeness (QED) is 0.897. The standard InChI is InChI=1S/C15H14Cl2FNO/c16-12-2-1-11(14(17)8-12)9-20-15-4-3-13(18)7-10(15)5-6-19/h1-4,7-8H,5-6,9,19H2. The molecule has 0 spiro atoms. The Morgan fingerprint density at radius 2 is 1.85 bits per heavy atom. The zero-order valence-electron chi connectivity index (χ0n) is 10.7. The van der Waals surface area contributed by atoms with Crippen LogP contribution >= 0.6 is 23.2 Å². The first-order valence-electron chi connectivity index (χ1n) is 6.15. The summed E-state index contributed by atoms with van der Waals surface area (Å²) in [6.07, 6.45) is 0.557. The van der Waals surface area contributed by atoms with Gasteiger partial charge in [-0.25, -0.2) is 4.39 Å². The molecule has 0 aliphatic carbocycles. The fourth-order valence-electron chi connectivity index (χ4n) is 1.83. The van der Waals surface area contributed by atoms with Crippen LogP contribution in [0.3, 0.4) is 0 Å². The molecule has 0 fully saturated rings. The normalized spacial score (nSPS) is 10.6. The highest BCUT2D eigenvalue weighted by Crippen LogP contribution is 2.25. The molecule has 20 heavy (non-hydrogen) atoms. The average molecular weight is 314 g/mol. The summed E-state index contributed by atoms with van der Waals surface area (Å²) in [4.78, 5) is 0. The maximum Gasteiger partial charge on any atom is 0.123 e. The van der Waals surface area contributed by atoms with Gasteiger partial charge in [-0.05, 0) is 48.9 Å². The summed E-state index contributed by atoms with van der Waals surface area (Å²) >= 11 is 11.9. The third-order valence-corrected chi connectivity index (χ3v) is 3.42. The van der Waals surface area contributed by atoms with Gasteiger partial charge < -0.3 is 10.5 Å². The van der Waals surface area contributed by atoms with E-state index in [0.717, 1.165) is 11.1 Å². The lowest BCUT2D eigenvalue weighted by molar-refractivity contribution is 0.302. The van der Waals surface area contributed by atoms with Gasteiger partial charge in [-0.2, -0.15) is 0 Å². The van der Waals surface area contributed by atoms with Crippen molar-refractivity contribution in [2.75, 3.05) is 6.54 Å². The van der Waals surface area contributed by atoms with E-state index in [2.05, 4.69) is 0 Å². The van der Waals surface area contributed by atoms with Crippen molar-refractivity contribution in [3.8, 4) is 5.75 Å². The van der Waals surface area contributed by atoms with Crippen LogP contribution in [0.25, 0.3) is 0 Å². The number of benzene rings is 2. The Kier molecular flexibility index (Phi) is 5.24. The monoisotopic (exact) mass is 313 g/mol. The molecule has 0 amide bonds. The Bertz CT molecular complexity index is 604. The lowest BCUT2D eigenvalue weighted by atomic mass is 10.1. The molecule has 0 heterocycles. The summed E-state index contributed by atoms with van der Waals surface area (Å²) in [6.45, 7) is 0.723. The number of nitrogens with two attached hydrogens (primary N) is 1. The van der Waals surface area contributed by atoms with Gasteiger partial charge in [0.15, 0.2) is 0 Å². The Hall–Kier alpha value is -1.29. The average Bonchev–Trinajstić information content (AvgIpc) is 2.40. The van der Waals surface area contributed by atoms with E-state index in [9.17, 15) is 4.39 Å². The number of hydrogen-bond acceptors (Lipinski definition) is 2. The predicted molar refractivity (Wildman–Crippen MR) is 80.0 cm³/mol. The van der Waals surface area contributed by atoms with Crippen LogP contribution in [0, 0.1) is 5.82 Å². The van der Waals surface area contributed by atoms with Gasteiger partial charge in [0.25, 0.3) is 0 Å². The first-order valence-corrected chi connectivity index (χ1v) is 6.91. The number of ether oxygens (including phenoxy) is 1. The molecule has 2 aromatic rings. The summed E-state index contributed by atoms with van der Waals surface area (Å²) in [7, 11) is 0. The minimum atomic E-state index is -0.301. The van der Waals surface area contributed by atoms with Crippen molar-refractivity contribution in [3.05, 3.63) is 63.4 Å². The van der Waals surface area contributed by atoms with E-state index in [1.54, 1.807) is 24.3 Å². The molecule has 106 valence electrons. The first kappa shape index (κ1) is 15.1. The Morgan fingerprint density at radius 3 is 2.55 bits per heavy atom. The van der Waals surface area contributed by atoms with Gasteiger partial charge in [-0.15, -0.1) is 0 Å². The van der Waals surface area contributed by atoms with Crippen LogP contribution in [0.2, 0.25) is 10.0 Å². The lowest BCUT2D eigenvalue weighted by Crippen LogP contribution is -2.06. The highest BCUT2D eigenvalue weighted by Gasteiger charge is 2.07. The van der Waals surface area contributed by atoms with Gasteiger partial charge in [-0.3, -0.25) is 0 Å². The minimum absolute atomic E-state index is 0.291. The maximum atomic E-state index is 13.2. The zero-order chi connectivity index (χ0) is 14.5. The maximum absolute atomic E-state index is 13.2. The van der Waals surface area contributed by atoms with Gasteiger partial charge in [-0.1, -0.05) is 29.3 Å². The van der Waals surface area contributed by atoms with Gasteiger partial charge in [0, 0.05) is 15.6 Å². The number of halogens is 3. The Morgan fingerprint density at radius 1 is 1.05 bits per heavy atom. The van der Waals surface area contributed by atoms with Crippen LogP contribution < -0.4 is 10.5 Å². The van der Waals surface area contributed by atoms with E-state index in [-0.39, 0.29) is 5.82 Å². The van der Waals surface area contributed by atoms with Crippen LogP contribution in [0.1, 0.15) is 11.1 Å². The van der Waals surface area contributed by atoms with E-state index >= 15 is 0 Å². The van der Waals surface area contributed by atoms with E-state index in [1.807, 2.05) is 0 Å². The second-order valence-electron chi connectivity index (χ2n) is 4.32. The molecule has 2 N–H and O–H groups in total. The largest absolute Gasteiger partial charge is 0.489 e. The Balaban J connectivity index is 2.14. The summed E-state index contributed by atoms with van der Waals surface area (Å²) in [5, 5.41) is 1.12. The topological polar surface area (TPSA) is 35.2 Å². The molecule has 0 aliphatic heterocycles. The molecule has 0 aliphatic rings. The highest BCUT2D eigenvalue weighted by atomic mass is 35.5. The van der Waals surface area contributed by atoms with E-state index < -0.39 is 0 Å². The van der Waals surface area contributed by atoms with Crippen molar-refractivity contribution in [2.45, 2.75) is 13.0 Å². The smallest absolute Gasteiger partial charge is 0.123 e. The molecule has 2 rings (SSSR count). The first-order chi connectivity index (χ1) is 9.60. The van der Waals surface area contributed by atoms with E-state index in [1.165, 1.54) is 12.1 Å². The molecule has 0 radical (unpaired) electrons. The van der Waals surface area contributed by atoms with E-state index in [0.29, 0.717) is 35.4 Å². The third kappa shape index (κ3) is 3.85. The molecular formula is C15H14Cl2FNO. The molecule has 0 atom stereocenters. The fourth-order valence-corrected chi connectivity index (χ4v) is 2.30. The van der Waals surface area contributed by atoms with Gasteiger partial charge in [0.1, 0.15) is 18.2 Å². The van der Waals surface area contributed by atoms with Crippen LogP contribution in [0.4, 0.5) is 4.39 Å². The molecule has 0 bridgehead atoms. The second-order valence-corrected chi connectivity index (χ2v) is 5.16. The minimum Gasteiger partial charge on any atom is -0.489 e. The molecule has 0 aromatic heterocycles. The summed E-state index contributed by atoms with van der Waals surface area (Å²) in [5.74, 6) is 0.313. The fraction of sp³-hybridized carbons (Fsp3) is 0.200. The third-order valence-electron chi connectivity index (χ3n) is 2.83. The molecule has 5 heteroatoms. The number of rotatable bonds is 5. The van der Waals surface area contributed by atoms with Gasteiger partial charge in [0.2, 0.25) is 0 Å². The Labute approximate surface area is 127 Å². The molecule has 0 saturated heterocycles. The van der Waals surface area contributed by atoms with Crippen LogP contribution in [-0.2, 0) is 13.0 Å². The molecule has 0 saturated carbocycles. The van der Waals surface area contributed by atoms with Gasteiger partial charge in [0.05, 0.1) is 0 Å². The second kappa shape index (κ2) is 6.93. The zero-order valence-corrected chi connectivity index (χ0v) is 12.2. The van der Waals surface area contributed by atoms with E-state index in [4.69, 9.17) is 33.7 Å². The SMILES string of the molecule is NCCc1cc(F)ccc1OCc1ccc(Cl)cc1Cl. The molecule has 2 aromatic carbocycles. The van der Waals surface area contributed by atoms with Crippen molar-refractivity contribution in [3.63, 3.8) is 0 Å². The van der Waals surface area contributed by atoms with Crippen molar-refractivity contribution < 1.29 is 9.13 Å².